The van der Waals surface area contributed by atoms with Crippen molar-refractivity contribution in [2.45, 2.75) is 6.29 Å². The van der Waals surface area contributed by atoms with Gasteiger partial charge in [-0.15, -0.1) is 0 Å². The molecule has 2 rings (SSSR count). The predicted octanol–water partition coefficient (Wildman–Crippen LogP) is 1.99. The zero-order valence-corrected chi connectivity index (χ0v) is 8.46. The van der Waals surface area contributed by atoms with Crippen molar-refractivity contribution in [3.8, 4) is 5.75 Å². The van der Waals surface area contributed by atoms with Crippen molar-refractivity contribution in [2.24, 2.45) is 0 Å². The summed E-state index contributed by atoms with van der Waals surface area (Å²) in [6.07, 6.45) is 3.62. The van der Waals surface area contributed by atoms with Crippen molar-refractivity contribution >= 4 is 0 Å². The second kappa shape index (κ2) is 5.53. The summed E-state index contributed by atoms with van der Waals surface area (Å²) < 4.78 is 16.3. The molecule has 0 amide bonds. The van der Waals surface area contributed by atoms with E-state index in [9.17, 15) is 0 Å². The van der Waals surface area contributed by atoms with Crippen molar-refractivity contribution in [1.29, 1.82) is 0 Å². The number of hydrogen-bond acceptors (Lipinski definition) is 3. The summed E-state index contributed by atoms with van der Waals surface area (Å²) >= 11 is 0. The second-order valence-electron chi connectivity index (χ2n) is 3.19. The maximum absolute atomic E-state index is 5.52. The summed E-state index contributed by atoms with van der Waals surface area (Å²) in [6.45, 7) is 1.59. The van der Waals surface area contributed by atoms with Crippen LogP contribution in [0.5, 0.6) is 5.75 Å². The van der Waals surface area contributed by atoms with E-state index in [1.807, 2.05) is 42.5 Å². The van der Waals surface area contributed by atoms with E-state index in [4.69, 9.17) is 14.2 Å². The standard InChI is InChI=1S/C12H14O3/c1-2-6-11(7-3-1)15-10-12-13-8-4-5-9-14-12/h1-7,12H,8-10H2. The van der Waals surface area contributed by atoms with Crippen LogP contribution < -0.4 is 4.74 Å². The molecular formula is C12H14O3. The highest BCUT2D eigenvalue weighted by atomic mass is 16.7. The molecule has 0 spiro atoms. The number of hydrogen-bond donors (Lipinski definition) is 0. The van der Waals surface area contributed by atoms with Crippen LogP contribution in [0.3, 0.4) is 0 Å². The van der Waals surface area contributed by atoms with Crippen LogP contribution in [0.2, 0.25) is 0 Å². The Kier molecular flexibility index (Phi) is 3.77. The normalized spacial score (nSPS) is 17.3. The van der Waals surface area contributed by atoms with Crippen molar-refractivity contribution in [3.63, 3.8) is 0 Å². The zero-order valence-electron chi connectivity index (χ0n) is 8.46. The molecule has 0 bridgehead atoms. The van der Waals surface area contributed by atoms with Gasteiger partial charge < -0.3 is 14.2 Å². The molecule has 3 heteroatoms. The van der Waals surface area contributed by atoms with E-state index in [2.05, 4.69) is 0 Å². The molecule has 0 radical (unpaired) electrons. The SMILES string of the molecule is C1=CCOC(COc2ccccc2)OC1. The third-order valence-electron chi connectivity index (χ3n) is 2.05. The Bertz CT molecular complexity index is 298. The molecule has 0 aliphatic carbocycles. The number of para-hydroxylation sites is 1. The van der Waals surface area contributed by atoms with Crippen LogP contribution in [0.1, 0.15) is 0 Å². The van der Waals surface area contributed by atoms with E-state index >= 15 is 0 Å². The lowest BCUT2D eigenvalue weighted by Crippen LogP contribution is -2.24. The Balaban J connectivity index is 1.78. The summed E-state index contributed by atoms with van der Waals surface area (Å²) in [6, 6.07) is 9.65. The summed E-state index contributed by atoms with van der Waals surface area (Å²) in [7, 11) is 0. The van der Waals surface area contributed by atoms with Crippen LogP contribution in [-0.2, 0) is 9.47 Å². The molecule has 1 aromatic carbocycles. The molecule has 80 valence electrons. The molecular weight excluding hydrogens is 192 g/mol. The maximum Gasteiger partial charge on any atom is 0.192 e. The summed E-state index contributed by atoms with van der Waals surface area (Å²) in [4.78, 5) is 0. The number of ether oxygens (including phenoxy) is 3. The monoisotopic (exact) mass is 206 g/mol. The Morgan fingerprint density at radius 1 is 1.07 bits per heavy atom. The van der Waals surface area contributed by atoms with E-state index in [-0.39, 0.29) is 6.29 Å². The fourth-order valence-electron chi connectivity index (χ4n) is 1.29. The number of rotatable bonds is 3. The smallest absolute Gasteiger partial charge is 0.192 e. The zero-order chi connectivity index (χ0) is 10.3. The van der Waals surface area contributed by atoms with Gasteiger partial charge in [-0.25, -0.2) is 0 Å². The molecule has 1 aromatic rings. The summed E-state index contributed by atoms with van der Waals surface area (Å²) in [5.74, 6) is 0.835. The third-order valence-corrected chi connectivity index (χ3v) is 2.05. The van der Waals surface area contributed by atoms with Crippen LogP contribution >= 0.6 is 0 Å². The molecule has 1 heterocycles. The molecule has 3 nitrogen and oxygen atoms in total. The highest BCUT2D eigenvalue weighted by molar-refractivity contribution is 5.20. The largest absolute Gasteiger partial charge is 0.488 e. The minimum absolute atomic E-state index is 0.278. The summed E-state index contributed by atoms with van der Waals surface area (Å²) in [5, 5.41) is 0. The predicted molar refractivity (Wildman–Crippen MR) is 56.8 cm³/mol. The molecule has 0 saturated heterocycles. The Labute approximate surface area is 89.3 Å². The van der Waals surface area contributed by atoms with Crippen molar-refractivity contribution in [1.82, 2.24) is 0 Å². The van der Waals surface area contributed by atoms with Gasteiger partial charge in [0.05, 0.1) is 13.2 Å². The van der Waals surface area contributed by atoms with Crippen LogP contribution in [0, 0.1) is 0 Å². The molecule has 0 atom stereocenters. The Morgan fingerprint density at radius 3 is 2.40 bits per heavy atom. The minimum atomic E-state index is -0.278. The van der Waals surface area contributed by atoms with Crippen molar-refractivity contribution < 1.29 is 14.2 Å². The fourth-order valence-corrected chi connectivity index (χ4v) is 1.29. The van der Waals surface area contributed by atoms with Gasteiger partial charge in [-0.1, -0.05) is 30.4 Å². The third kappa shape index (κ3) is 3.38. The lowest BCUT2D eigenvalue weighted by Gasteiger charge is -2.15. The van der Waals surface area contributed by atoms with Gasteiger partial charge in [0.2, 0.25) is 0 Å². The molecule has 0 unspecified atom stereocenters. The molecule has 0 fully saturated rings. The average Bonchev–Trinajstić information content (AvgIpc) is 2.56. The lowest BCUT2D eigenvalue weighted by molar-refractivity contribution is -0.139. The highest BCUT2D eigenvalue weighted by Crippen LogP contribution is 2.10. The quantitative estimate of drug-likeness (QED) is 0.708. The fraction of sp³-hybridized carbons (Fsp3) is 0.333. The first-order valence-corrected chi connectivity index (χ1v) is 5.01. The maximum atomic E-state index is 5.52. The molecule has 1 aliphatic heterocycles. The molecule has 0 aromatic heterocycles. The van der Waals surface area contributed by atoms with Crippen molar-refractivity contribution in [3.05, 3.63) is 42.5 Å². The highest BCUT2D eigenvalue weighted by Gasteiger charge is 2.10. The Morgan fingerprint density at radius 2 is 1.73 bits per heavy atom. The van der Waals surface area contributed by atoms with Crippen LogP contribution in [0.4, 0.5) is 0 Å². The molecule has 15 heavy (non-hydrogen) atoms. The summed E-state index contributed by atoms with van der Waals surface area (Å²) in [5.41, 5.74) is 0. The van der Waals surface area contributed by atoms with Gasteiger partial charge in [-0.05, 0) is 12.1 Å². The van der Waals surface area contributed by atoms with Gasteiger partial charge in [0.15, 0.2) is 6.29 Å². The van der Waals surface area contributed by atoms with E-state index in [1.54, 1.807) is 0 Å². The molecule has 0 N–H and O–H groups in total. The number of benzene rings is 1. The first-order chi connectivity index (χ1) is 7.45. The van der Waals surface area contributed by atoms with Crippen LogP contribution in [0.15, 0.2) is 42.5 Å². The van der Waals surface area contributed by atoms with Gasteiger partial charge in [0.1, 0.15) is 12.4 Å². The van der Waals surface area contributed by atoms with Gasteiger partial charge in [0, 0.05) is 0 Å². The van der Waals surface area contributed by atoms with Gasteiger partial charge >= 0.3 is 0 Å². The first-order valence-electron chi connectivity index (χ1n) is 5.01. The minimum Gasteiger partial charge on any atom is -0.488 e. The average molecular weight is 206 g/mol. The topological polar surface area (TPSA) is 27.7 Å². The van der Waals surface area contributed by atoms with Crippen molar-refractivity contribution in [2.75, 3.05) is 19.8 Å². The van der Waals surface area contributed by atoms with Crippen LogP contribution in [0.25, 0.3) is 0 Å². The molecule has 1 aliphatic rings. The van der Waals surface area contributed by atoms with Crippen LogP contribution in [-0.4, -0.2) is 26.1 Å². The van der Waals surface area contributed by atoms with Gasteiger partial charge in [0.25, 0.3) is 0 Å². The van der Waals surface area contributed by atoms with E-state index in [1.165, 1.54) is 0 Å². The van der Waals surface area contributed by atoms with Gasteiger partial charge in [-0.3, -0.25) is 0 Å². The van der Waals surface area contributed by atoms with E-state index in [0.29, 0.717) is 19.8 Å². The van der Waals surface area contributed by atoms with E-state index in [0.717, 1.165) is 5.75 Å². The molecule has 0 saturated carbocycles. The first kappa shape index (κ1) is 10.2. The lowest BCUT2D eigenvalue weighted by atomic mass is 10.3. The second-order valence-corrected chi connectivity index (χ2v) is 3.19. The van der Waals surface area contributed by atoms with E-state index < -0.39 is 0 Å². The van der Waals surface area contributed by atoms with Gasteiger partial charge in [-0.2, -0.15) is 0 Å². The Hall–Kier alpha value is -1.32.